The number of carbonyl (C=O) groups excluding carboxylic acids is 1. The molecule has 4 rings (SSSR count). The molecule has 0 saturated heterocycles. The van der Waals surface area contributed by atoms with Crippen LogP contribution in [0.1, 0.15) is 45.2 Å². The Morgan fingerprint density at radius 3 is 2.37 bits per heavy atom. The number of anilines is 3. The van der Waals surface area contributed by atoms with Crippen molar-refractivity contribution in [1.82, 2.24) is 19.7 Å². The quantitative estimate of drug-likeness (QED) is 0.482. The molecule has 1 aliphatic heterocycles. The zero-order valence-corrected chi connectivity index (χ0v) is 20.1. The second kappa shape index (κ2) is 9.55. The number of rotatable bonds is 8. The monoisotopic (exact) mass is 487 g/mol. The molecule has 1 N–H and O–H groups in total. The lowest BCUT2D eigenvalue weighted by Gasteiger charge is -2.47. The molecule has 0 radical (unpaired) electrons. The molecule has 0 spiro atoms. The summed E-state index contributed by atoms with van der Waals surface area (Å²) in [7, 11) is 0. The second-order valence-corrected chi connectivity index (χ2v) is 8.60. The number of benzene rings is 1. The first-order valence-corrected chi connectivity index (χ1v) is 11.6. The van der Waals surface area contributed by atoms with E-state index in [0.717, 1.165) is 17.7 Å². The number of amides is 1. The summed E-state index contributed by atoms with van der Waals surface area (Å²) < 4.78 is 41.6. The molecule has 1 aliphatic rings. The highest BCUT2D eigenvalue weighted by Gasteiger charge is 2.46. The van der Waals surface area contributed by atoms with Gasteiger partial charge in [-0.3, -0.25) is 9.48 Å². The van der Waals surface area contributed by atoms with E-state index in [1.54, 1.807) is 23.5 Å². The van der Waals surface area contributed by atoms with Crippen LogP contribution in [-0.4, -0.2) is 44.3 Å². The minimum absolute atomic E-state index is 0.0366. The van der Waals surface area contributed by atoms with Crippen LogP contribution in [0.4, 0.5) is 30.6 Å². The maximum Gasteiger partial charge on any atom is 0.252 e. The van der Waals surface area contributed by atoms with Crippen LogP contribution < -0.4 is 15.1 Å². The van der Waals surface area contributed by atoms with Gasteiger partial charge in [-0.05, 0) is 44.9 Å². The van der Waals surface area contributed by atoms with Crippen molar-refractivity contribution in [3.63, 3.8) is 0 Å². The first-order valence-electron chi connectivity index (χ1n) is 11.6. The Morgan fingerprint density at radius 1 is 1.03 bits per heavy atom. The van der Waals surface area contributed by atoms with E-state index in [0.29, 0.717) is 43.5 Å². The minimum atomic E-state index is -1.49. The molecule has 3 aromatic rings. The summed E-state index contributed by atoms with van der Waals surface area (Å²) in [6, 6.07) is 1.90. The Kier molecular flexibility index (Phi) is 6.68. The molecule has 0 aliphatic carbocycles. The van der Waals surface area contributed by atoms with E-state index in [9.17, 15) is 18.0 Å². The molecule has 0 unspecified atom stereocenters. The molecule has 1 aromatic carbocycles. The number of halogens is 3. The van der Waals surface area contributed by atoms with Gasteiger partial charge in [0.15, 0.2) is 23.3 Å². The van der Waals surface area contributed by atoms with E-state index in [4.69, 9.17) is 4.98 Å². The lowest BCUT2D eigenvalue weighted by atomic mass is 9.91. The van der Waals surface area contributed by atoms with Crippen molar-refractivity contribution in [2.45, 2.75) is 52.7 Å². The van der Waals surface area contributed by atoms with Crippen molar-refractivity contribution in [3.8, 4) is 0 Å². The summed E-state index contributed by atoms with van der Waals surface area (Å²) in [5, 5.41) is 7.38. The van der Waals surface area contributed by atoms with Crippen LogP contribution in [0.15, 0.2) is 30.7 Å². The van der Waals surface area contributed by atoms with Crippen LogP contribution in [0.25, 0.3) is 0 Å². The number of nitrogens with one attached hydrogen (secondary N) is 1. The van der Waals surface area contributed by atoms with Gasteiger partial charge in [-0.2, -0.15) is 10.1 Å². The normalized spacial score (nSPS) is 17.6. The van der Waals surface area contributed by atoms with Crippen molar-refractivity contribution < 1.29 is 18.0 Å². The van der Waals surface area contributed by atoms with Crippen LogP contribution in [-0.2, 0) is 17.9 Å². The van der Waals surface area contributed by atoms with Crippen LogP contribution in [0.2, 0.25) is 0 Å². The Balaban J connectivity index is 1.51. The molecule has 1 atom stereocenters. The van der Waals surface area contributed by atoms with Crippen molar-refractivity contribution >= 4 is 23.4 Å². The van der Waals surface area contributed by atoms with Gasteiger partial charge < -0.3 is 15.1 Å². The third kappa shape index (κ3) is 4.42. The second-order valence-electron chi connectivity index (χ2n) is 8.60. The maximum absolute atomic E-state index is 13.5. The highest BCUT2D eigenvalue weighted by Crippen LogP contribution is 2.40. The van der Waals surface area contributed by atoms with E-state index < -0.39 is 23.0 Å². The number of aromatic nitrogens is 4. The van der Waals surface area contributed by atoms with Crippen molar-refractivity contribution in [3.05, 3.63) is 59.3 Å². The molecule has 2 aromatic heterocycles. The lowest BCUT2D eigenvalue weighted by Crippen LogP contribution is -2.62. The van der Waals surface area contributed by atoms with E-state index in [2.05, 4.69) is 15.4 Å². The molecule has 0 fully saturated rings. The van der Waals surface area contributed by atoms with Gasteiger partial charge in [0.25, 0.3) is 5.91 Å². The van der Waals surface area contributed by atoms with Crippen LogP contribution in [0.3, 0.4) is 0 Å². The zero-order valence-electron chi connectivity index (χ0n) is 20.1. The van der Waals surface area contributed by atoms with Gasteiger partial charge in [-0.25, -0.2) is 18.2 Å². The summed E-state index contributed by atoms with van der Waals surface area (Å²) >= 11 is 0. The average molecular weight is 488 g/mol. The smallest absolute Gasteiger partial charge is 0.252 e. The Hall–Kier alpha value is -3.63. The summed E-state index contributed by atoms with van der Waals surface area (Å²) in [4.78, 5) is 26.0. The Labute approximate surface area is 201 Å². The summed E-state index contributed by atoms with van der Waals surface area (Å²) in [5.41, 5.74) is 1.05. The fourth-order valence-corrected chi connectivity index (χ4v) is 4.40. The molecular formula is C24H28F3N7O. The summed E-state index contributed by atoms with van der Waals surface area (Å²) in [6.07, 6.45) is 5.63. The van der Waals surface area contributed by atoms with Gasteiger partial charge in [0.2, 0.25) is 5.95 Å². The number of likely N-dealkylation sites (N-methyl/N-ethyl adjacent to an activating group) is 2. The Bertz CT molecular complexity index is 1220. The lowest BCUT2D eigenvalue weighted by molar-refractivity contribution is -0.123. The molecule has 35 heavy (non-hydrogen) atoms. The molecule has 8 nitrogen and oxygen atoms in total. The highest BCUT2D eigenvalue weighted by molar-refractivity contribution is 6.07. The minimum Gasteiger partial charge on any atom is -0.350 e. The molecule has 3 heterocycles. The Morgan fingerprint density at radius 2 is 1.74 bits per heavy atom. The molecule has 1 amide bonds. The van der Waals surface area contributed by atoms with Gasteiger partial charge in [0.05, 0.1) is 18.9 Å². The van der Waals surface area contributed by atoms with Gasteiger partial charge in [-0.1, -0.05) is 6.92 Å². The van der Waals surface area contributed by atoms with Crippen molar-refractivity contribution in [2.24, 2.45) is 0 Å². The van der Waals surface area contributed by atoms with E-state index >= 15 is 0 Å². The largest absolute Gasteiger partial charge is 0.350 e. The third-order valence-corrected chi connectivity index (χ3v) is 6.44. The summed E-state index contributed by atoms with van der Waals surface area (Å²) in [5.74, 6) is -2.82. The predicted molar refractivity (Wildman–Crippen MR) is 127 cm³/mol. The first-order chi connectivity index (χ1) is 16.7. The van der Waals surface area contributed by atoms with E-state index in [1.807, 2.05) is 32.6 Å². The zero-order chi connectivity index (χ0) is 25.3. The fourth-order valence-electron chi connectivity index (χ4n) is 4.40. The SMILES string of the molecule is CCN1C(=O)[C@@](C)(CC)N(CC)c2nc(NCc3cnn(Cc4cc(F)c(F)c(F)c4)c3)ncc21. The van der Waals surface area contributed by atoms with Gasteiger partial charge in [0.1, 0.15) is 11.2 Å². The highest BCUT2D eigenvalue weighted by atomic mass is 19.2. The van der Waals surface area contributed by atoms with Gasteiger partial charge in [0, 0.05) is 31.4 Å². The molecule has 0 bridgehead atoms. The molecule has 11 heteroatoms. The van der Waals surface area contributed by atoms with Crippen LogP contribution in [0, 0.1) is 17.5 Å². The van der Waals surface area contributed by atoms with Gasteiger partial charge in [-0.15, -0.1) is 0 Å². The molecule has 186 valence electrons. The van der Waals surface area contributed by atoms with E-state index in [-0.39, 0.29) is 18.0 Å². The summed E-state index contributed by atoms with van der Waals surface area (Å²) in [6.45, 7) is 9.44. The topological polar surface area (TPSA) is 79.2 Å². The third-order valence-electron chi connectivity index (χ3n) is 6.44. The fraction of sp³-hybridized carbons (Fsp3) is 0.417. The number of fused-ring (bicyclic) bond motifs is 1. The van der Waals surface area contributed by atoms with Crippen LogP contribution >= 0.6 is 0 Å². The standard InChI is InChI=1S/C24H28F3N7O/c1-5-24(4)22(35)33(6-2)19-12-29-23(31-21(19)34(24)7-3)28-10-16-11-30-32(14-16)13-15-8-17(25)20(27)18(26)9-15/h8-9,11-12,14H,5-7,10,13H2,1-4H3,(H,28,29,31)/t24-/m1/s1. The first kappa shape index (κ1) is 24.5. The predicted octanol–water partition coefficient (Wildman–Crippen LogP) is 4.11. The van der Waals surface area contributed by atoms with Crippen molar-refractivity contribution in [2.75, 3.05) is 28.2 Å². The maximum atomic E-state index is 13.5. The van der Waals surface area contributed by atoms with Gasteiger partial charge >= 0.3 is 0 Å². The molecular weight excluding hydrogens is 459 g/mol. The number of hydrogen-bond donors (Lipinski definition) is 1. The number of nitrogens with zero attached hydrogens (tertiary/aromatic N) is 6. The van der Waals surface area contributed by atoms with Crippen molar-refractivity contribution in [1.29, 1.82) is 0 Å². The molecule has 0 saturated carbocycles. The number of hydrogen-bond acceptors (Lipinski definition) is 6. The van der Waals surface area contributed by atoms with E-state index in [1.165, 1.54) is 4.68 Å². The van der Waals surface area contributed by atoms with Crippen LogP contribution in [0.5, 0.6) is 0 Å². The number of carbonyl (C=O) groups is 1. The average Bonchev–Trinajstić information content (AvgIpc) is 3.29.